The van der Waals surface area contributed by atoms with E-state index in [1.807, 2.05) is 42.5 Å². The Bertz CT molecular complexity index is 826. The highest BCUT2D eigenvalue weighted by Gasteiger charge is 2.04. The minimum Gasteiger partial charge on any atom is -0.480 e. The van der Waals surface area contributed by atoms with Gasteiger partial charge in [0.05, 0.1) is 6.54 Å². The van der Waals surface area contributed by atoms with Crippen LogP contribution in [0.25, 0.3) is 5.57 Å². The van der Waals surface area contributed by atoms with Gasteiger partial charge in [-0.3, -0.25) is 9.69 Å². The minimum absolute atomic E-state index is 0.00313. The Kier molecular flexibility index (Phi) is 6.56. The molecule has 0 aliphatic heterocycles. The molecule has 1 N–H and O–H groups in total. The van der Waals surface area contributed by atoms with Crippen molar-refractivity contribution in [2.45, 2.75) is 13.8 Å². The van der Waals surface area contributed by atoms with Crippen LogP contribution < -0.4 is 0 Å². The third-order valence-corrected chi connectivity index (χ3v) is 3.95. The number of hydrogen-bond donors (Lipinski definition) is 1. The van der Waals surface area contributed by atoms with E-state index in [0.717, 1.165) is 16.7 Å². The molecular weight excluding hydrogens is 310 g/mol. The third-order valence-electron chi connectivity index (χ3n) is 3.95. The molecule has 0 amide bonds. The number of nitrogens with zero attached hydrogens (tertiary/aromatic N) is 1. The SMILES string of the molecule is Cc1ccc(C#C/C(=C/CN(C)CC(=O)O)c2ccccc2)cc1C. The number of aliphatic carboxylic acids is 1. The van der Waals surface area contributed by atoms with Gasteiger partial charge in [0.15, 0.2) is 0 Å². The lowest BCUT2D eigenvalue weighted by Gasteiger charge is -2.11. The molecule has 0 aliphatic rings. The summed E-state index contributed by atoms with van der Waals surface area (Å²) in [7, 11) is 1.78. The highest BCUT2D eigenvalue weighted by atomic mass is 16.4. The molecule has 128 valence electrons. The van der Waals surface area contributed by atoms with Gasteiger partial charge in [-0.1, -0.05) is 54.3 Å². The molecule has 0 heterocycles. The Morgan fingerprint density at radius 3 is 2.48 bits per heavy atom. The maximum absolute atomic E-state index is 10.8. The van der Waals surface area contributed by atoms with Gasteiger partial charge in [-0.15, -0.1) is 0 Å². The van der Waals surface area contributed by atoms with Crippen molar-refractivity contribution in [2.75, 3.05) is 20.1 Å². The molecule has 2 aromatic rings. The maximum Gasteiger partial charge on any atom is 0.317 e. The average molecular weight is 333 g/mol. The Morgan fingerprint density at radius 1 is 1.12 bits per heavy atom. The van der Waals surface area contributed by atoms with Crippen LogP contribution in [0.15, 0.2) is 54.6 Å². The van der Waals surface area contributed by atoms with Gasteiger partial charge in [0, 0.05) is 17.7 Å². The second-order valence-electron chi connectivity index (χ2n) is 6.12. The molecule has 0 aliphatic carbocycles. The molecule has 3 nitrogen and oxygen atoms in total. The molecule has 0 radical (unpaired) electrons. The van der Waals surface area contributed by atoms with Crippen molar-refractivity contribution in [1.82, 2.24) is 4.90 Å². The first kappa shape index (κ1) is 18.5. The van der Waals surface area contributed by atoms with Crippen molar-refractivity contribution in [3.8, 4) is 11.8 Å². The van der Waals surface area contributed by atoms with Crippen molar-refractivity contribution in [3.05, 3.63) is 76.9 Å². The number of carboxylic acids is 1. The molecule has 0 saturated carbocycles. The summed E-state index contributed by atoms with van der Waals surface area (Å²) in [5.74, 6) is 5.63. The first-order valence-corrected chi connectivity index (χ1v) is 8.21. The van der Waals surface area contributed by atoms with Gasteiger partial charge >= 0.3 is 5.97 Å². The smallest absolute Gasteiger partial charge is 0.317 e. The molecule has 0 bridgehead atoms. The molecule has 0 atom stereocenters. The summed E-state index contributed by atoms with van der Waals surface area (Å²) in [6.07, 6.45) is 1.98. The lowest BCUT2D eigenvalue weighted by atomic mass is 10.0. The van der Waals surface area contributed by atoms with E-state index in [0.29, 0.717) is 6.54 Å². The molecule has 0 fully saturated rings. The number of rotatable bonds is 5. The molecule has 2 aromatic carbocycles. The third kappa shape index (κ3) is 5.95. The fraction of sp³-hybridized carbons (Fsp3) is 0.227. The number of aryl methyl sites for hydroxylation is 2. The topological polar surface area (TPSA) is 40.5 Å². The van der Waals surface area contributed by atoms with Gasteiger partial charge in [-0.2, -0.15) is 0 Å². The second kappa shape index (κ2) is 8.86. The van der Waals surface area contributed by atoms with E-state index >= 15 is 0 Å². The number of carbonyl (C=O) groups is 1. The number of hydrogen-bond acceptors (Lipinski definition) is 2. The van der Waals surface area contributed by atoms with Crippen molar-refractivity contribution in [1.29, 1.82) is 0 Å². The van der Waals surface area contributed by atoms with E-state index in [2.05, 4.69) is 37.8 Å². The van der Waals surface area contributed by atoms with Crippen LogP contribution in [-0.2, 0) is 4.79 Å². The normalized spacial score (nSPS) is 11.1. The largest absolute Gasteiger partial charge is 0.480 e. The quantitative estimate of drug-likeness (QED) is 0.847. The van der Waals surface area contributed by atoms with Crippen molar-refractivity contribution >= 4 is 11.5 Å². The van der Waals surface area contributed by atoms with Crippen LogP contribution >= 0.6 is 0 Å². The fourth-order valence-electron chi connectivity index (χ4n) is 2.36. The van der Waals surface area contributed by atoms with Gasteiger partial charge in [0.1, 0.15) is 0 Å². The minimum atomic E-state index is -0.835. The van der Waals surface area contributed by atoms with E-state index in [1.54, 1.807) is 11.9 Å². The molecule has 3 heteroatoms. The summed E-state index contributed by atoms with van der Waals surface area (Å²) in [5.41, 5.74) is 5.38. The van der Waals surface area contributed by atoms with E-state index in [4.69, 9.17) is 5.11 Å². The molecule has 0 unspecified atom stereocenters. The van der Waals surface area contributed by atoms with E-state index in [-0.39, 0.29) is 6.54 Å². The van der Waals surface area contributed by atoms with Crippen LogP contribution in [0, 0.1) is 25.7 Å². The monoisotopic (exact) mass is 333 g/mol. The lowest BCUT2D eigenvalue weighted by Crippen LogP contribution is -2.25. The Labute approximate surface area is 149 Å². The van der Waals surface area contributed by atoms with Gasteiger partial charge in [0.25, 0.3) is 0 Å². The van der Waals surface area contributed by atoms with Gasteiger partial charge < -0.3 is 5.11 Å². The molecular formula is C22H23NO2. The molecule has 0 aromatic heterocycles. The van der Waals surface area contributed by atoms with E-state index in [1.165, 1.54) is 11.1 Å². The summed E-state index contributed by atoms with van der Waals surface area (Å²) in [5, 5.41) is 8.88. The number of carboxylic acid groups (broad SMARTS) is 1. The summed E-state index contributed by atoms with van der Waals surface area (Å²) in [4.78, 5) is 12.5. The lowest BCUT2D eigenvalue weighted by molar-refractivity contribution is -0.137. The first-order valence-electron chi connectivity index (χ1n) is 8.21. The van der Waals surface area contributed by atoms with Crippen LogP contribution in [0.2, 0.25) is 0 Å². The zero-order valence-corrected chi connectivity index (χ0v) is 14.9. The number of allylic oxidation sites excluding steroid dienone is 1. The molecule has 0 spiro atoms. The maximum atomic E-state index is 10.8. The molecule has 0 saturated heterocycles. The Balaban J connectivity index is 2.28. The summed E-state index contributed by atoms with van der Waals surface area (Å²) in [6.45, 7) is 4.69. The molecule has 2 rings (SSSR count). The van der Waals surface area contributed by atoms with Gasteiger partial charge in [-0.05, 0) is 49.7 Å². The summed E-state index contributed by atoms with van der Waals surface area (Å²) < 4.78 is 0. The molecule has 25 heavy (non-hydrogen) atoms. The van der Waals surface area contributed by atoms with Crippen molar-refractivity contribution < 1.29 is 9.90 Å². The van der Waals surface area contributed by atoms with Crippen LogP contribution in [0.1, 0.15) is 22.3 Å². The second-order valence-corrected chi connectivity index (χ2v) is 6.12. The van der Waals surface area contributed by atoms with Crippen molar-refractivity contribution in [3.63, 3.8) is 0 Å². The van der Waals surface area contributed by atoms with Gasteiger partial charge in [0.2, 0.25) is 0 Å². The predicted octanol–water partition coefficient (Wildman–Crippen LogP) is 3.75. The Morgan fingerprint density at radius 2 is 1.84 bits per heavy atom. The number of likely N-dealkylation sites (N-methyl/N-ethyl adjacent to an activating group) is 1. The van der Waals surface area contributed by atoms with Gasteiger partial charge in [-0.25, -0.2) is 0 Å². The average Bonchev–Trinajstić information content (AvgIpc) is 2.58. The highest BCUT2D eigenvalue weighted by molar-refractivity contribution is 5.79. The van der Waals surface area contributed by atoms with E-state index in [9.17, 15) is 4.79 Å². The van der Waals surface area contributed by atoms with E-state index < -0.39 is 5.97 Å². The Hall–Kier alpha value is -2.83. The highest BCUT2D eigenvalue weighted by Crippen LogP contribution is 2.14. The van der Waals surface area contributed by atoms with Crippen molar-refractivity contribution in [2.24, 2.45) is 0 Å². The standard InChI is InChI=1S/C22H23NO2/c1-17-9-10-19(15-18(17)2)11-12-21(20-7-5-4-6-8-20)13-14-23(3)16-22(24)25/h4-10,13,15H,14,16H2,1-3H3,(H,24,25)/b21-13-. The van der Waals surface area contributed by atoms with Crippen LogP contribution in [0.5, 0.6) is 0 Å². The number of benzene rings is 2. The zero-order chi connectivity index (χ0) is 18.2. The first-order chi connectivity index (χ1) is 12.0. The zero-order valence-electron chi connectivity index (χ0n) is 14.9. The fourth-order valence-corrected chi connectivity index (χ4v) is 2.36. The summed E-state index contributed by atoms with van der Waals surface area (Å²) in [6, 6.07) is 16.1. The predicted molar refractivity (Wildman–Crippen MR) is 102 cm³/mol. The summed E-state index contributed by atoms with van der Waals surface area (Å²) >= 11 is 0. The van der Waals surface area contributed by atoms with Crippen LogP contribution in [0.4, 0.5) is 0 Å². The van der Waals surface area contributed by atoms with Crippen LogP contribution in [0.3, 0.4) is 0 Å². The van der Waals surface area contributed by atoms with Crippen LogP contribution in [-0.4, -0.2) is 36.1 Å².